The van der Waals surface area contributed by atoms with Crippen molar-refractivity contribution in [3.8, 4) is 5.75 Å². The average Bonchev–Trinajstić information content (AvgIpc) is 2.70. The predicted octanol–water partition coefficient (Wildman–Crippen LogP) is 3.23. The minimum Gasteiger partial charge on any atom is -0.505 e. The van der Waals surface area contributed by atoms with E-state index in [2.05, 4.69) is 0 Å². The molecule has 3 rings (SSSR count). The number of phenolic OH excluding ortho intramolecular Hbond substituents is 1. The van der Waals surface area contributed by atoms with E-state index in [1.165, 1.54) is 0 Å². The van der Waals surface area contributed by atoms with E-state index in [1.807, 2.05) is 50.2 Å². The summed E-state index contributed by atoms with van der Waals surface area (Å²) in [6.45, 7) is 3.81. The molecular formula is C16H15NO2. The lowest BCUT2D eigenvalue weighted by atomic mass is 10.1. The van der Waals surface area contributed by atoms with Gasteiger partial charge in [0.05, 0.1) is 17.8 Å². The number of benzene rings is 2. The molecule has 1 heterocycles. The van der Waals surface area contributed by atoms with Gasteiger partial charge in [0.2, 0.25) is 5.91 Å². The summed E-state index contributed by atoms with van der Waals surface area (Å²) in [5.74, 6) is 0.178. The van der Waals surface area contributed by atoms with Crippen molar-refractivity contribution in [3.63, 3.8) is 0 Å². The third-order valence-corrected chi connectivity index (χ3v) is 3.49. The van der Waals surface area contributed by atoms with Crippen LogP contribution in [0.2, 0.25) is 0 Å². The van der Waals surface area contributed by atoms with Crippen LogP contribution in [0.3, 0.4) is 0 Å². The molecule has 0 spiro atoms. The first-order chi connectivity index (χ1) is 9.08. The molecule has 19 heavy (non-hydrogen) atoms. The molecule has 0 radical (unpaired) electrons. The summed E-state index contributed by atoms with van der Waals surface area (Å²) >= 11 is 0. The van der Waals surface area contributed by atoms with Gasteiger partial charge in [0, 0.05) is 0 Å². The Hall–Kier alpha value is -2.29. The molecule has 2 aromatic rings. The standard InChI is InChI=1S/C16H15NO2/c1-10-7-11(2)16(19)14(8-10)17-13-6-4-3-5-12(13)9-15(17)18/h3-8,19H,9H2,1-2H3. The summed E-state index contributed by atoms with van der Waals surface area (Å²) in [5, 5.41) is 10.2. The number of para-hydroxylation sites is 1. The molecular weight excluding hydrogens is 238 g/mol. The van der Waals surface area contributed by atoms with E-state index in [9.17, 15) is 9.90 Å². The van der Waals surface area contributed by atoms with Gasteiger partial charge in [-0.25, -0.2) is 0 Å². The summed E-state index contributed by atoms with van der Waals surface area (Å²) in [6.07, 6.45) is 0.391. The van der Waals surface area contributed by atoms with Crippen LogP contribution in [0.15, 0.2) is 36.4 Å². The second-order valence-corrected chi connectivity index (χ2v) is 4.98. The summed E-state index contributed by atoms with van der Waals surface area (Å²) in [7, 11) is 0. The number of hydrogen-bond donors (Lipinski definition) is 1. The number of amides is 1. The molecule has 3 heteroatoms. The molecule has 1 aliphatic rings. The maximum absolute atomic E-state index is 12.2. The van der Waals surface area contributed by atoms with Crippen molar-refractivity contribution in [2.24, 2.45) is 0 Å². The Morgan fingerprint density at radius 1 is 1.11 bits per heavy atom. The molecule has 3 nitrogen and oxygen atoms in total. The number of carbonyl (C=O) groups excluding carboxylic acids is 1. The van der Waals surface area contributed by atoms with Crippen LogP contribution in [-0.4, -0.2) is 11.0 Å². The Morgan fingerprint density at radius 2 is 1.84 bits per heavy atom. The monoisotopic (exact) mass is 253 g/mol. The normalized spacial score (nSPS) is 13.8. The average molecular weight is 253 g/mol. The highest BCUT2D eigenvalue weighted by Gasteiger charge is 2.30. The Balaban J connectivity index is 2.20. The van der Waals surface area contributed by atoms with Crippen molar-refractivity contribution in [2.45, 2.75) is 20.3 Å². The Labute approximate surface area is 112 Å². The van der Waals surface area contributed by atoms with Crippen LogP contribution in [0.25, 0.3) is 0 Å². The van der Waals surface area contributed by atoms with Crippen molar-refractivity contribution in [3.05, 3.63) is 53.1 Å². The van der Waals surface area contributed by atoms with Crippen LogP contribution >= 0.6 is 0 Å². The first-order valence-electron chi connectivity index (χ1n) is 6.29. The molecule has 0 aromatic heterocycles. The molecule has 0 fully saturated rings. The third-order valence-electron chi connectivity index (χ3n) is 3.49. The molecule has 0 saturated heterocycles. The number of rotatable bonds is 1. The molecule has 0 atom stereocenters. The quantitative estimate of drug-likeness (QED) is 0.847. The third kappa shape index (κ3) is 1.78. The van der Waals surface area contributed by atoms with E-state index in [4.69, 9.17) is 0 Å². The fraction of sp³-hybridized carbons (Fsp3) is 0.188. The van der Waals surface area contributed by atoms with Gasteiger partial charge < -0.3 is 5.11 Å². The van der Waals surface area contributed by atoms with Gasteiger partial charge in [-0.15, -0.1) is 0 Å². The number of aryl methyl sites for hydroxylation is 2. The number of nitrogens with zero attached hydrogens (tertiary/aromatic N) is 1. The Kier molecular flexibility index (Phi) is 2.56. The van der Waals surface area contributed by atoms with Crippen LogP contribution in [0, 0.1) is 13.8 Å². The Bertz CT molecular complexity index is 676. The van der Waals surface area contributed by atoms with E-state index in [-0.39, 0.29) is 11.7 Å². The SMILES string of the molecule is Cc1cc(C)c(O)c(N2C(=O)Cc3ccccc32)c1. The topological polar surface area (TPSA) is 40.5 Å². The summed E-state index contributed by atoms with van der Waals surface area (Å²) in [4.78, 5) is 13.8. The number of carbonyl (C=O) groups is 1. The number of aromatic hydroxyl groups is 1. The minimum atomic E-state index is 0.00139. The lowest BCUT2D eigenvalue weighted by Gasteiger charge is -2.20. The van der Waals surface area contributed by atoms with Crippen LogP contribution < -0.4 is 4.90 Å². The maximum atomic E-state index is 12.2. The molecule has 1 aliphatic heterocycles. The molecule has 2 aromatic carbocycles. The number of hydrogen-bond acceptors (Lipinski definition) is 2. The zero-order valence-corrected chi connectivity index (χ0v) is 11.0. The molecule has 1 N–H and O–H groups in total. The molecule has 0 aliphatic carbocycles. The molecule has 96 valence electrons. The molecule has 1 amide bonds. The maximum Gasteiger partial charge on any atom is 0.236 e. The molecule has 0 saturated carbocycles. The van der Waals surface area contributed by atoms with Gasteiger partial charge in [-0.05, 0) is 42.7 Å². The zero-order chi connectivity index (χ0) is 13.6. The molecule has 0 unspecified atom stereocenters. The van der Waals surface area contributed by atoms with Gasteiger partial charge in [-0.3, -0.25) is 9.69 Å². The van der Waals surface area contributed by atoms with Gasteiger partial charge in [0.15, 0.2) is 0 Å². The number of phenols is 1. The Morgan fingerprint density at radius 3 is 2.63 bits per heavy atom. The van der Waals surface area contributed by atoms with Gasteiger partial charge in [-0.1, -0.05) is 24.3 Å². The van der Waals surface area contributed by atoms with Crippen LogP contribution in [-0.2, 0) is 11.2 Å². The first-order valence-corrected chi connectivity index (χ1v) is 6.29. The van der Waals surface area contributed by atoms with Gasteiger partial charge in [0.1, 0.15) is 5.75 Å². The highest BCUT2D eigenvalue weighted by Crippen LogP contribution is 2.41. The van der Waals surface area contributed by atoms with E-state index in [0.29, 0.717) is 12.1 Å². The summed E-state index contributed by atoms with van der Waals surface area (Å²) < 4.78 is 0. The molecule has 0 bridgehead atoms. The number of anilines is 2. The van der Waals surface area contributed by atoms with Crippen LogP contribution in [0.5, 0.6) is 5.75 Å². The predicted molar refractivity (Wildman–Crippen MR) is 74.9 cm³/mol. The largest absolute Gasteiger partial charge is 0.505 e. The first kappa shape index (κ1) is 11.8. The zero-order valence-electron chi connectivity index (χ0n) is 11.0. The van der Waals surface area contributed by atoms with Crippen molar-refractivity contribution < 1.29 is 9.90 Å². The smallest absolute Gasteiger partial charge is 0.236 e. The lowest BCUT2D eigenvalue weighted by molar-refractivity contribution is -0.116. The highest BCUT2D eigenvalue weighted by molar-refractivity contribution is 6.08. The van der Waals surface area contributed by atoms with Gasteiger partial charge >= 0.3 is 0 Å². The van der Waals surface area contributed by atoms with Crippen molar-refractivity contribution >= 4 is 17.3 Å². The summed E-state index contributed by atoms with van der Waals surface area (Å²) in [5.41, 5.74) is 4.26. The fourth-order valence-corrected chi connectivity index (χ4v) is 2.63. The van der Waals surface area contributed by atoms with E-state index in [1.54, 1.807) is 4.90 Å². The van der Waals surface area contributed by atoms with Crippen LogP contribution in [0.1, 0.15) is 16.7 Å². The van der Waals surface area contributed by atoms with E-state index < -0.39 is 0 Å². The van der Waals surface area contributed by atoms with Gasteiger partial charge in [-0.2, -0.15) is 0 Å². The van der Waals surface area contributed by atoms with Crippen molar-refractivity contribution in [2.75, 3.05) is 4.90 Å². The van der Waals surface area contributed by atoms with Crippen molar-refractivity contribution in [1.82, 2.24) is 0 Å². The van der Waals surface area contributed by atoms with Gasteiger partial charge in [0.25, 0.3) is 0 Å². The van der Waals surface area contributed by atoms with Crippen molar-refractivity contribution in [1.29, 1.82) is 0 Å². The minimum absolute atomic E-state index is 0.00139. The lowest BCUT2D eigenvalue weighted by Crippen LogP contribution is -2.21. The highest BCUT2D eigenvalue weighted by atomic mass is 16.3. The summed E-state index contributed by atoms with van der Waals surface area (Å²) in [6, 6.07) is 11.5. The van der Waals surface area contributed by atoms with E-state index in [0.717, 1.165) is 22.4 Å². The number of fused-ring (bicyclic) bond motifs is 1. The van der Waals surface area contributed by atoms with E-state index >= 15 is 0 Å². The van der Waals surface area contributed by atoms with Crippen LogP contribution in [0.4, 0.5) is 11.4 Å². The second-order valence-electron chi connectivity index (χ2n) is 4.98. The second kappa shape index (κ2) is 4.12. The fourth-order valence-electron chi connectivity index (χ4n) is 2.63.